The lowest BCUT2D eigenvalue weighted by atomic mass is 10.1. The second-order valence-corrected chi connectivity index (χ2v) is 5.82. The molecule has 0 aromatic carbocycles. The third kappa shape index (κ3) is 4.76. The van der Waals surface area contributed by atoms with Gasteiger partial charge in [-0.2, -0.15) is 0 Å². The lowest BCUT2D eigenvalue weighted by Gasteiger charge is -2.25. The van der Waals surface area contributed by atoms with Crippen molar-refractivity contribution in [1.29, 1.82) is 0 Å². The molecule has 0 aliphatic heterocycles. The Morgan fingerprint density at radius 1 is 1.35 bits per heavy atom. The normalized spacial score (nSPS) is 11.4. The second kappa shape index (κ2) is 8.22. The maximum Gasteiger partial charge on any atom is 0.128 e. The summed E-state index contributed by atoms with van der Waals surface area (Å²) >= 11 is 0. The molecule has 4 nitrogen and oxygen atoms in total. The van der Waals surface area contributed by atoms with E-state index in [1.54, 1.807) is 7.11 Å². The topological polar surface area (TPSA) is 51.4 Å². The van der Waals surface area contributed by atoms with Crippen LogP contribution in [0.4, 0.5) is 0 Å². The number of hydrogen-bond donors (Lipinski definition) is 1. The molecule has 1 heterocycles. The minimum Gasteiger partial charge on any atom is -0.496 e. The first kappa shape index (κ1) is 16.9. The van der Waals surface area contributed by atoms with Crippen molar-refractivity contribution < 1.29 is 4.74 Å². The number of aromatic nitrogens is 1. The van der Waals surface area contributed by atoms with Crippen LogP contribution in [0.5, 0.6) is 5.75 Å². The summed E-state index contributed by atoms with van der Waals surface area (Å²) in [6.07, 6.45) is 2.92. The second-order valence-electron chi connectivity index (χ2n) is 5.82. The zero-order valence-corrected chi connectivity index (χ0v) is 13.6. The Hall–Kier alpha value is -1.13. The average Bonchev–Trinajstić information content (AvgIpc) is 2.39. The predicted octanol–water partition coefficient (Wildman–Crippen LogP) is 2.51. The van der Waals surface area contributed by atoms with Crippen LogP contribution >= 0.6 is 0 Å². The zero-order chi connectivity index (χ0) is 15.1. The van der Waals surface area contributed by atoms with Gasteiger partial charge in [0.25, 0.3) is 0 Å². The van der Waals surface area contributed by atoms with Gasteiger partial charge in [0.15, 0.2) is 0 Å². The van der Waals surface area contributed by atoms with Gasteiger partial charge in [0.1, 0.15) is 5.75 Å². The Morgan fingerprint density at radius 3 is 2.60 bits per heavy atom. The summed E-state index contributed by atoms with van der Waals surface area (Å²) in [5.41, 5.74) is 8.97. The van der Waals surface area contributed by atoms with E-state index >= 15 is 0 Å². The number of pyridine rings is 1. The van der Waals surface area contributed by atoms with Crippen molar-refractivity contribution in [3.8, 4) is 5.75 Å². The maximum atomic E-state index is 5.63. The van der Waals surface area contributed by atoms with Gasteiger partial charge in [0.2, 0.25) is 0 Å². The molecule has 1 aromatic rings. The lowest BCUT2D eigenvalue weighted by molar-refractivity contribution is 0.231. The minimum atomic E-state index is 0.639. The fraction of sp³-hybridized carbons (Fsp3) is 0.688. The molecular formula is C16H29N3O. The van der Waals surface area contributed by atoms with E-state index in [1.165, 1.54) is 0 Å². The molecule has 0 unspecified atom stereocenters. The van der Waals surface area contributed by atoms with E-state index < -0.39 is 0 Å². The molecule has 0 bridgehead atoms. The van der Waals surface area contributed by atoms with E-state index in [-0.39, 0.29) is 0 Å². The molecule has 114 valence electrons. The van der Waals surface area contributed by atoms with Crippen LogP contribution in [0.1, 0.15) is 37.1 Å². The fourth-order valence-corrected chi connectivity index (χ4v) is 2.51. The van der Waals surface area contributed by atoms with Crippen molar-refractivity contribution in [2.45, 2.75) is 40.7 Å². The average molecular weight is 279 g/mol. The maximum absolute atomic E-state index is 5.63. The van der Waals surface area contributed by atoms with Crippen molar-refractivity contribution in [1.82, 2.24) is 9.88 Å². The molecule has 20 heavy (non-hydrogen) atoms. The smallest absolute Gasteiger partial charge is 0.128 e. The van der Waals surface area contributed by atoms with Crippen LogP contribution in [-0.4, -0.2) is 36.6 Å². The van der Waals surface area contributed by atoms with Crippen LogP contribution in [-0.2, 0) is 6.54 Å². The SMILES string of the molecule is COc1c(C)cnc(CN(CCCN)CC(C)C)c1C. The Bertz CT molecular complexity index is 418. The molecule has 0 aliphatic rings. The van der Waals surface area contributed by atoms with Gasteiger partial charge < -0.3 is 10.5 Å². The number of ether oxygens (including phenoxy) is 1. The van der Waals surface area contributed by atoms with E-state index in [2.05, 4.69) is 30.7 Å². The Balaban J connectivity index is 2.87. The zero-order valence-electron chi connectivity index (χ0n) is 13.6. The summed E-state index contributed by atoms with van der Waals surface area (Å²) in [6.45, 7) is 12.3. The molecule has 1 aromatic heterocycles. The first-order valence-electron chi connectivity index (χ1n) is 7.41. The number of nitrogens with zero attached hydrogens (tertiary/aromatic N) is 2. The number of aryl methyl sites for hydroxylation is 1. The summed E-state index contributed by atoms with van der Waals surface area (Å²) in [5.74, 6) is 1.60. The summed E-state index contributed by atoms with van der Waals surface area (Å²) in [5, 5.41) is 0. The van der Waals surface area contributed by atoms with Gasteiger partial charge in [0, 0.05) is 30.4 Å². The van der Waals surface area contributed by atoms with Gasteiger partial charge in [-0.3, -0.25) is 9.88 Å². The van der Waals surface area contributed by atoms with E-state index in [9.17, 15) is 0 Å². The number of hydrogen-bond acceptors (Lipinski definition) is 4. The van der Waals surface area contributed by atoms with Crippen molar-refractivity contribution in [3.05, 3.63) is 23.0 Å². The van der Waals surface area contributed by atoms with Crippen molar-refractivity contribution >= 4 is 0 Å². The van der Waals surface area contributed by atoms with E-state index in [0.717, 1.165) is 55.2 Å². The minimum absolute atomic E-state index is 0.639. The van der Waals surface area contributed by atoms with Crippen molar-refractivity contribution in [3.63, 3.8) is 0 Å². The van der Waals surface area contributed by atoms with Gasteiger partial charge >= 0.3 is 0 Å². The summed E-state index contributed by atoms with van der Waals surface area (Å²) < 4.78 is 5.48. The van der Waals surface area contributed by atoms with Gasteiger partial charge in [-0.15, -0.1) is 0 Å². The largest absolute Gasteiger partial charge is 0.496 e. The van der Waals surface area contributed by atoms with E-state index in [0.29, 0.717) is 5.92 Å². The number of rotatable bonds is 8. The third-order valence-corrected chi connectivity index (χ3v) is 3.42. The summed E-state index contributed by atoms with van der Waals surface area (Å²) in [6, 6.07) is 0. The van der Waals surface area contributed by atoms with Gasteiger partial charge in [0.05, 0.1) is 12.8 Å². The molecule has 0 atom stereocenters. The Morgan fingerprint density at radius 2 is 2.05 bits per heavy atom. The molecule has 0 saturated carbocycles. The molecule has 2 N–H and O–H groups in total. The molecule has 4 heteroatoms. The summed E-state index contributed by atoms with van der Waals surface area (Å²) in [7, 11) is 1.72. The summed E-state index contributed by atoms with van der Waals surface area (Å²) in [4.78, 5) is 7.02. The van der Waals surface area contributed by atoms with Gasteiger partial charge in [-0.05, 0) is 39.3 Å². The molecule has 0 fully saturated rings. The highest BCUT2D eigenvalue weighted by Gasteiger charge is 2.14. The lowest BCUT2D eigenvalue weighted by Crippen LogP contribution is -2.30. The highest BCUT2D eigenvalue weighted by atomic mass is 16.5. The predicted molar refractivity (Wildman–Crippen MR) is 84.0 cm³/mol. The molecule has 0 saturated heterocycles. The Kier molecular flexibility index (Phi) is 6.96. The van der Waals surface area contributed by atoms with Crippen molar-refractivity contribution in [2.75, 3.05) is 26.7 Å². The molecule has 0 radical (unpaired) electrons. The monoisotopic (exact) mass is 279 g/mol. The molecular weight excluding hydrogens is 250 g/mol. The van der Waals surface area contributed by atoms with Crippen LogP contribution in [0.15, 0.2) is 6.20 Å². The third-order valence-electron chi connectivity index (χ3n) is 3.42. The fourth-order valence-electron chi connectivity index (χ4n) is 2.51. The highest BCUT2D eigenvalue weighted by molar-refractivity contribution is 5.41. The van der Waals surface area contributed by atoms with Gasteiger partial charge in [-0.25, -0.2) is 0 Å². The van der Waals surface area contributed by atoms with Crippen LogP contribution in [0.25, 0.3) is 0 Å². The van der Waals surface area contributed by atoms with E-state index in [1.807, 2.05) is 13.1 Å². The quantitative estimate of drug-likeness (QED) is 0.794. The molecule has 1 rings (SSSR count). The number of methoxy groups -OCH3 is 1. The molecule has 0 aliphatic carbocycles. The molecule has 0 spiro atoms. The van der Waals surface area contributed by atoms with Gasteiger partial charge in [-0.1, -0.05) is 13.8 Å². The standard InChI is InChI=1S/C16H29N3O/c1-12(2)10-19(8-6-7-17)11-15-14(4)16(20-5)13(3)9-18-15/h9,12H,6-8,10-11,17H2,1-5H3. The van der Waals surface area contributed by atoms with Crippen LogP contribution in [0, 0.1) is 19.8 Å². The van der Waals surface area contributed by atoms with Crippen LogP contribution in [0.2, 0.25) is 0 Å². The highest BCUT2D eigenvalue weighted by Crippen LogP contribution is 2.24. The Labute approximate surface area is 123 Å². The van der Waals surface area contributed by atoms with Crippen molar-refractivity contribution in [2.24, 2.45) is 11.7 Å². The molecule has 0 amide bonds. The first-order valence-corrected chi connectivity index (χ1v) is 7.41. The number of nitrogens with two attached hydrogens (primary N) is 1. The van der Waals surface area contributed by atoms with E-state index in [4.69, 9.17) is 10.5 Å². The van der Waals surface area contributed by atoms with Crippen LogP contribution < -0.4 is 10.5 Å². The first-order chi connectivity index (χ1) is 9.49. The van der Waals surface area contributed by atoms with Crippen LogP contribution in [0.3, 0.4) is 0 Å².